The van der Waals surface area contributed by atoms with E-state index >= 15 is 0 Å². The Labute approximate surface area is 165 Å². The molecule has 2 fully saturated rings. The fourth-order valence-corrected chi connectivity index (χ4v) is 5.49. The lowest BCUT2D eigenvalue weighted by molar-refractivity contribution is -0.145. The number of rotatable bonds is 9. The first-order valence-corrected chi connectivity index (χ1v) is 10.8. The van der Waals surface area contributed by atoms with E-state index in [2.05, 4.69) is 46.8 Å². The topological polar surface area (TPSA) is 35.5 Å². The molecule has 0 N–H and O–H groups in total. The molecule has 0 aliphatic heterocycles. The van der Waals surface area contributed by atoms with Gasteiger partial charge >= 0.3 is 5.97 Å². The third-order valence-corrected chi connectivity index (χ3v) is 7.84. The maximum Gasteiger partial charge on any atom is 0.309 e. The smallest absolute Gasteiger partial charge is 0.309 e. The molecule has 0 saturated heterocycles. The van der Waals surface area contributed by atoms with Gasteiger partial charge in [0.1, 0.15) is 0 Å². The van der Waals surface area contributed by atoms with Crippen LogP contribution in [0.15, 0.2) is 23.3 Å². The monoisotopic (exact) mass is 374 g/mol. The summed E-state index contributed by atoms with van der Waals surface area (Å²) in [5, 5.41) is 0. The number of carbonyl (C=O) groups excluding carboxylic acids is 1. The molecule has 0 spiro atoms. The number of ether oxygens (including phenoxy) is 2. The summed E-state index contributed by atoms with van der Waals surface area (Å²) in [7, 11) is 0. The molecule has 4 atom stereocenters. The van der Waals surface area contributed by atoms with Gasteiger partial charge in [0.15, 0.2) is 0 Å². The summed E-state index contributed by atoms with van der Waals surface area (Å²) in [5.74, 6) is 2.13. The third-order valence-electron chi connectivity index (χ3n) is 7.84. The highest BCUT2D eigenvalue weighted by Gasteiger charge is 2.61. The van der Waals surface area contributed by atoms with Crippen molar-refractivity contribution < 1.29 is 14.3 Å². The second kappa shape index (κ2) is 7.73. The van der Waals surface area contributed by atoms with E-state index in [1.54, 1.807) is 0 Å². The van der Waals surface area contributed by atoms with Crippen molar-refractivity contribution in [1.29, 1.82) is 0 Å². The minimum atomic E-state index is -0.0145. The van der Waals surface area contributed by atoms with Gasteiger partial charge in [-0.25, -0.2) is 0 Å². The molecule has 4 rings (SSSR count). The van der Waals surface area contributed by atoms with Crippen LogP contribution in [0.25, 0.3) is 0 Å². The maximum absolute atomic E-state index is 12.1. The van der Waals surface area contributed by atoms with Crippen LogP contribution in [0, 0.1) is 34.5 Å². The molecule has 4 aliphatic carbocycles. The molecule has 3 heteroatoms. The third kappa shape index (κ3) is 4.04. The molecule has 2 bridgehead atoms. The second-order valence-electron chi connectivity index (χ2n) is 10.1. The van der Waals surface area contributed by atoms with Crippen molar-refractivity contribution in [3.8, 4) is 0 Å². The molecule has 0 amide bonds. The normalized spacial score (nSPS) is 33.1. The van der Waals surface area contributed by atoms with E-state index in [0.29, 0.717) is 24.5 Å². The summed E-state index contributed by atoms with van der Waals surface area (Å²) in [6, 6.07) is 0. The molecule has 0 aromatic heterocycles. The van der Waals surface area contributed by atoms with Crippen molar-refractivity contribution in [3.63, 3.8) is 0 Å². The highest BCUT2D eigenvalue weighted by Crippen LogP contribution is 2.61. The summed E-state index contributed by atoms with van der Waals surface area (Å²) in [5.41, 5.74) is 3.45. The summed E-state index contributed by atoms with van der Waals surface area (Å²) in [4.78, 5) is 12.1. The molecule has 0 radical (unpaired) electrons. The van der Waals surface area contributed by atoms with Crippen LogP contribution < -0.4 is 0 Å². The molecule has 2 unspecified atom stereocenters. The molecule has 4 aliphatic rings. The van der Waals surface area contributed by atoms with Gasteiger partial charge in [-0.3, -0.25) is 4.79 Å². The van der Waals surface area contributed by atoms with Crippen molar-refractivity contribution in [1.82, 2.24) is 0 Å². The van der Waals surface area contributed by atoms with E-state index in [4.69, 9.17) is 9.47 Å². The Morgan fingerprint density at radius 1 is 1.26 bits per heavy atom. The van der Waals surface area contributed by atoms with Crippen LogP contribution in [0.1, 0.15) is 67.2 Å². The predicted octanol–water partition coefficient (Wildman–Crippen LogP) is 5.56. The Balaban J connectivity index is 1.37. The molecule has 0 heterocycles. The van der Waals surface area contributed by atoms with Gasteiger partial charge in [0.25, 0.3) is 0 Å². The maximum atomic E-state index is 12.1. The number of fused-ring (bicyclic) bond motifs is 1. The van der Waals surface area contributed by atoms with Gasteiger partial charge in [-0.15, -0.1) is 0 Å². The number of hydrogen-bond acceptors (Lipinski definition) is 3. The molecule has 0 aromatic rings. The SMILES string of the molecule is CCOC(=O)C1C(CC/C(C)=C/COCC2=CC[C@@H]3C[C@H]2C3(C)C)C1(C)C. The number of carbonyl (C=O) groups is 1. The van der Waals surface area contributed by atoms with Crippen LogP contribution in [0.5, 0.6) is 0 Å². The Morgan fingerprint density at radius 3 is 2.63 bits per heavy atom. The predicted molar refractivity (Wildman–Crippen MR) is 109 cm³/mol. The minimum Gasteiger partial charge on any atom is -0.466 e. The molecular weight excluding hydrogens is 336 g/mol. The average molecular weight is 375 g/mol. The van der Waals surface area contributed by atoms with Gasteiger partial charge < -0.3 is 9.47 Å². The van der Waals surface area contributed by atoms with E-state index < -0.39 is 0 Å². The molecule has 27 heavy (non-hydrogen) atoms. The van der Waals surface area contributed by atoms with Gasteiger partial charge in [0.05, 0.1) is 25.7 Å². The van der Waals surface area contributed by atoms with Crippen molar-refractivity contribution in [2.24, 2.45) is 34.5 Å². The fourth-order valence-electron chi connectivity index (χ4n) is 5.49. The molecule has 2 saturated carbocycles. The number of hydrogen-bond donors (Lipinski definition) is 0. The van der Waals surface area contributed by atoms with Gasteiger partial charge in [0, 0.05) is 0 Å². The number of allylic oxidation sites excluding steroid dienone is 2. The lowest BCUT2D eigenvalue weighted by Gasteiger charge is -2.56. The van der Waals surface area contributed by atoms with E-state index in [9.17, 15) is 4.79 Å². The van der Waals surface area contributed by atoms with Crippen LogP contribution in [-0.2, 0) is 14.3 Å². The minimum absolute atomic E-state index is 0.0145. The highest BCUT2D eigenvalue weighted by atomic mass is 16.5. The summed E-state index contributed by atoms with van der Waals surface area (Å²) >= 11 is 0. The molecule has 0 aromatic carbocycles. The Morgan fingerprint density at radius 2 is 2.00 bits per heavy atom. The number of esters is 1. The average Bonchev–Trinajstić information content (AvgIpc) is 3.17. The standard InChI is InChI=1S/C24H38O3/c1-7-27-22(25)21-19(24(21,5)6)11-8-16(2)12-13-26-15-17-9-10-18-14-20(17)23(18,3)4/h9,12,18-21H,7-8,10-11,13-15H2,1-6H3/b16-12+/t18-,19?,20-,21?/m1/s1. The lowest BCUT2D eigenvalue weighted by atomic mass is 9.49. The van der Waals surface area contributed by atoms with Gasteiger partial charge in [-0.2, -0.15) is 0 Å². The second-order valence-corrected chi connectivity index (χ2v) is 10.1. The summed E-state index contributed by atoms with van der Waals surface area (Å²) < 4.78 is 11.2. The highest BCUT2D eigenvalue weighted by molar-refractivity contribution is 5.77. The van der Waals surface area contributed by atoms with E-state index in [1.165, 1.54) is 24.0 Å². The molecule has 3 nitrogen and oxygen atoms in total. The first kappa shape index (κ1) is 20.6. The Hall–Kier alpha value is -1.09. The zero-order chi connectivity index (χ0) is 19.8. The first-order valence-electron chi connectivity index (χ1n) is 10.8. The van der Waals surface area contributed by atoms with E-state index in [1.807, 2.05) is 6.92 Å². The quantitative estimate of drug-likeness (QED) is 0.301. The van der Waals surface area contributed by atoms with Crippen LogP contribution >= 0.6 is 0 Å². The molecule has 152 valence electrons. The van der Waals surface area contributed by atoms with Gasteiger partial charge in [0.2, 0.25) is 0 Å². The Kier molecular flexibility index (Phi) is 5.91. The van der Waals surface area contributed by atoms with Crippen LogP contribution in [0.4, 0.5) is 0 Å². The summed E-state index contributed by atoms with van der Waals surface area (Å²) in [6.07, 6.45) is 9.32. The van der Waals surface area contributed by atoms with Gasteiger partial charge in [-0.1, -0.05) is 45.4 Å². The lowest BCUT2D eigenvalue weighted by Crippen LogP contribution is -2.48. The fraction of sp³-hybridized carbons (Fsp3) is 0.792. The Bertz CT molecular complexity index is 626. The van der Waals surface area contributed by atoms with Crippen molar-refractivity contribution in [2.45, 2.75) is 67.2 Å². The van der Waals surface area contributed by atoms with E-state index in [-0.39, 0.29) is 17.3 Å². The first-order chi connectivity index (χ1) is 12.7. The van der Waals surface area contributed by atoms with Crippen molar-refractivity contribution >= 4 is 5.97 Å². The zero-order valence-electron chi connectivity index (χ0n) is 18.1. The summed E-state index contributed by atoms with van der Waals surface area (Å²) in [6.45, 7) is 15.2. The van der Waals surface area contributed by atoms with E-state index in [0.717, 1.165) is 31.3 Å². The van der Waals surface area contributed by atoms with Crippen molar-refractivity contribution in [2.75, 3.05) is 19.8 Å². The van der Waals surface area contributed by atoms with Crippen LogP contribution in [0.3, 0.4) is 0 Å². The van der Waals surface area contributed by atoms with Crippen LogP contribution in [-0.4, -0.2) is 25.8 Å². The van der Waals surface area contributed by atoms with Gasteiger partial charge in [-0.05, 0) is 73.7 Å². The largest absolute Gasteiger partial charge is 0.466 e. The van der Waals surface area contributed by atoms with Crippen LogP contribution in [0.2, 0.25) is 0 Å². The zero-order valence-corrected chi connectivity index (χ0v) is 18.1. The van der Waals surface area contributed by atoms with Crippen molar-refractivity contribution in [3.05, 3.63) is 23.3 Å². The molecular formula is C24H38O3.